The number of fused-ring (bicyclic) bond motifs is 1. The molecule has 2 rings (SSSR count). The molecule has 0 bridgehead atoms. The molecule has 0 aliphatic rings. The number of hydrogen-bond acceptors (Lipinski definition) is 4. The van der Waals surface area contributed by atoms with Crippen molar-refractivity contribution in [1.29, 1.82) is 0 Å². The van der Waals surface area contributed by atoms with Crippen molar-refractivity contribution in [1.82, 2.24) is 14.9 Å². The van der Waals surface area contributed by atoms with Gasteiger partial charge >= 0.3 is 0 Å². The van der Waals surface area contributed by atoms with Gasteiger partial charge in [0, 0.05) is 30.6 Å². The highest BCUT2D eigenvalue weighted by Crippen LogP contribution is 2.22. The summed E-state index contributed by atoms with van der Waals surface area (Å²) in [6, 6.07) is 7.27. The molecular formula is C17H26N4. The molecule has 0 fully saturated rings. The molecule has 4 heteroatoms. The monoisotopic (exact) mass is 286 g/mol. The number of nitrogens with one attached hydrogen (secondary N) is 1. The maximum absolute atomic E-state index is 4.41. The second-order valence-electron chi connectivity index (χ2n) is 6.04. The van der Waals surface area contributed by atoms with Gasteiger partial charge in [0.2, 0.25) is 0 Å². The van der Waals surface area contributed by atoms with Crippen LogP contribution in [0.4, 0.5) is 5.82 Å². The molecule has 4 nitrogen and oxygen atoms in total. The molecule has 0 saturated carbocycles. The Bertz CT molecular complexity index is 579. The maximum Gasteiger partial charge on any atom is 0.137 e. The molecule has 0 saturated heterocycles. The van der Waals surface area contributed by atoms with E-state index in [1.165, 1.54) is 5.56 Å². The van der Waals surface area contributed by atoms with E-state index in [0.29, 0.717) is 12.1 Å². The van der Waals surface area contributed by atoms with E-state index in [-0.39, 0.29) is 0 Å². The van der Waals surface area contributed by atoms with Crippen molar-refractivity contribution < 1.29 is 0 Å². The van der Waals surface area contributed by atoms with E-state index >= 15 is 0 Å². The van der Waals surface area contributed by atoms with E-state index in [0.717, 1.165) is 29.8 Å². The Kier molecular flexibility index (Phi) is 5.12. The number of nitrogens with zero attached hydrogens (tertiary/aromatic N) is 3. The van der Waals surface area contributed by atoms with Gasteiger partial charge in [0.25, 0.3) is 0 Å². The minimum absolute atomic E-state index is 0.552. The highest BCUT2D eigenvalue weighted by Gasteiger charge is 2.13. The zero-order valence-electron chi connectivity index (χ0n) is 13.7. The summed E-state index contributed by atoms with van der Waals surface area (Å²) in [5.74, 6) is 0.936. The molecule has 1 aromatic heterocycles. The molecule has 114 valence electrons. The third kappa shape index (κ3) is 3.70. The van der Waals surface area contributed by atoms with Crippen LogP contribution in [0.25, 0.3) is 10.9 Å². The first-order chi connectivity index (χ1) is 10.0. The maximum atomic E-state index is 4.41. The lowest BCUT2D eigenvalue weighted by Crippen LogP contribution is -2.40. The van der Waals surface area contributed by atoms with E-state index in [1.807, 2.05) is 12.1 Å². The molecule has 0 amide bonds. The summed E-state index contributed by atoms with van der Waals surface area (Å²) >= 11 is 0. The third-order valence-corrected chi connectivity index (χ3v) is 3.86. The normalized spacial score (nSPS) is 11.8. The highest BCUT2D eigenvalue weighted by molar-refractivity contribution is 5.91. The number of aromatic nitrogens is 2. The number of benzene rings is 1. The van der Waals surface area contributed by atoms with E-state index in [1.54, 1.807) is 6.33 Å². The van der Waals surface area contributed by atoms with Gasteiger partial charge in [-0.05, 0) is 46.2 Å². The summed E-state index contributed by atoms with van der Waals surface area (Å²) < 4.78 is 0. The first kappa shape index (κ1) is 15.7. The van der Waals surface area contributed by atoms with Gasteiger partial charge in [-0.2, -0.15) is 0 Å². The molecule has 1 N–H and O–H groups in total. The zero-order valence-corrected chi connectivity index (χ0v) is 13.7. The molecule has 0 atom stereocenters. The Morgan fingerprint density at radius 1 is 1.10 bits per heavy atom. The summed E-state index contributed by atoms with van der Waals surface area (Å²) in [6.07, 6.45) is 1.63. The minimum atomic E-state index is 0.552. The van der Waals surface area contributed by atoms with Crippen LogP contribution in [0.1, 0.15) is 33.3 Å². The van der Waals surface area contributed by atoms with E-state index in [4.69, 9.17) is 0 Å². The van der Waals surface area contributed by atoms with Crippen LogP contribution in [-0.4, -0.2) is 40.0 Å². The van der Waals surface area contributed by atoms with Gasteiger partial charge in [-0.15, -0.1) is 0 Å². The largest absolute Gasteiger partial charge is 0.368 e. The molecule has 0 spiro atoms. The smallest absolute Gasteiger partial charge is 0.137 e. The SMILES string of the molecule is Cc1cccc2ncnc(NCCN(C(C)C)C(C)C)c12. The van der Waals surface area contributed by atoms with Gasteiger partial charge in [-0.25, -0.2) is 9.97 Å². The lowest BCUT2D eigenvalue weighted by atomic mass is 10.1. The Morgan fingerprint density at radius 3 is 2.48 bits per heavy atom. The summed E-state index contributed by atoms with van der Waals surface area (Å²) in [5.41, 5.74) is 2.21. The van der Waals surface area contributed by atoms with Gasteiger partial charge in [0.15, 0.2) is 0 Å². The standard InChI is InChI=1S/C17H26N4/c1-12(2)21(13(3)4)10-9-18-17-16-14(5)7-6-8-15(16)19-11-20-17/h6-8,11-13H,9-10H2,1-5H3,(H,18,19,20). The van der Waals surface area contributed by atoms with Gasteiger partial charge in [-0.3, -0.25) is 4.90 Å². The third-order valence-electron chi connectivity index (χ3n) is 3.86. The van der Waals surface area contributed by atoms with Gasteiger partial charge in [-0.1, -0.05) is 12.1 Å². The Balaban J connectivity index is 2.11. The number of rotatable bonds is 6. The quantitative estimate of drug-likeness (QED) is 0.883. The van der Waals surface area contributed by atoms with Crippen LogP contribution in [0.5, 0.6) is 0 Å². The minimum Gasteiger partial charge on any atom is -0.368 e. The lowest BCUT2D eigenvalue weighted by molar-refractivity contribution is 0.182. The molecular weight excluding hydrogens is 260 g/mol. The second kappa shape index (κ2) is 6.85. The number of hydrogen-bond donors (Lipinski definition) is 1. The van der Waals surface area contributed by atoms with Crippen LogP contribution in [-0.2, 0) is 0 Å². The van der Waals surface area contributed by atoms with Crippen molar-refractivity contribution in [3.8, 4) is 0 Å². The Morgan fingerprint density at radius 2 is 1.81 bits per heavy atom. The van der Waals surface area contributed by atoms with E-state index in [9.17, 15) is 0 Å². The Labute approximate surface area is 127 Å². The first-order valence-electron chi connectivity index (χ1n) is 7.70. The van der Waals surface area contributed by atoms with Crippen LogP contribution in [0.15, 0.2) is 24.5 Å². The fourth-order valence-electron chi connectivity index (χ4n) is 2.83. The first-order valence-corrected chi connectivity index (χ1v) is 7.70. The molecule has 21 heavy (non-hydrogen) atoms. The Hall–Kier alpha value is -1.68. The summed E-state index contributed by atoms with van der Waals surface area (Å²) in [7, 11) is 0. The molecule has 0 aliphatic carbocycles. The van der Waals surface area contributed by atoms with Crippen LogP contribution >= 0.6 is 0 Å². The van der Waals surface area contributed by atoms with E-state index < -0.39 is 0 Å². The fraction of sp³-hybridized carbons (Fsp3) is 0.529. The van der Waals surface area contributed by atoms with E-state index in [2.05, 4.69) is 60.9 Å². The van der Waals surface area contributed by atoms with Crippen molar-refractivity contribution in [2.45, 2.75) is 46.7 Å². The van der Waals surface area contributed by atoms with Crippen molar-refractivity contribution >= 4 is 16.7 Å². The fourth-order valence-corrected chi connectivity index (χ4v) is 2.83. The van der Waals surface area contributed by atoms with Crippen LogP contribution in [0.2, 0.25) is 0 Å². The topological polar surface area (TPSA) is 41.1 Å². The van der Waals surface area contributed by atoms with Crippen LogP contribution < -0.4 is 5.32 Å². The molecule has 1 aromatic carbocycles. The van der Waals surface area contributed by atoms with Crippen LogP contribution in [0.3, 0.4) is 0 Å². The predicted molar refractivity (Wildman–Crippen MR) is 89.7 cm³/mol. The average molecular weight is 286 g/mol. The average Bonchev–Trinajstić information content (AvgIpc) is 2.43. The number of anilines is 1. The molecule has 1 heterocycles. The molecule has 0 unspecified atom stereocenters. The van der Waals surface area contributed by atoms with Crippen molar-refractivity contribution in [2.75, 3.05) is 18.4 Å². The van der Waals surface area contributed by atoms with Gasteiger partial charge in [0.05, 0.1) is 5.52 Å². The zero-order chi connectivity index (χ0) is 15.4. The summed E-state index contributed by atoms with van der Waals surface area (Å²) in [5, 5.41) is 4.60. The van der Waals surface area contributed by atoms with Crippen molar-refractivity contribution in [3.63, 3.8) is 0 Å². The van der Waals surface area contributed by atoms with Crippen LogP contribution in [0, 0.1) is 6.92 Å². The van der Waals surface area contributed by atoms with Crippen molar-refractivity contribution in [3.05, 3.63) is 30.1 Å². The summed E-state index contributed by atoms with van der Waals surface area (Å²) in [6.45, 7) is 13.0. The number of aryl methyl sites for hydroxylation is 1. The molecule has 0 aliphatic heterocycles. The molecule has 0 radical (unpaired) electrons. The summed E-state index contributed by atoms with van der Waals surface area (Å²) in [4.78, 5) is 11.2. The second-order valence-corrected chi connectivity index (χ2v) is 6.04. The van der Waals surface area contributed by atoms with Gasteiger partial charge < -0.3 is 5.32 Å². The molecule has 2 aromatic rings. The lowest BCUT2D eigenvalue weighted by Gasteiger charge is -2.30. The van der Waals surface area contributed by atoms with Gasteiger partial charge in [0.1, 0.15) is 12.1 Å². The van der Waals surface area contributed by atoms with Crippen molar-refractivity contribution in [2.24, 2.45) is 0 Å². The highest BCUT2D eigenvalue weighted by atomic mass is 15.2. The predicted octanol–water partition coefficient (Wildman–Crippen LogP) is 3.47.